The van der Waals surface area contributed by atoms with Gasteiger partial charge in [0.2, 0.25) is 0 Å². The number of hydrogen-bond acceptors (Lipinski definition) is 3. The minimum absolute atomic E-state index is 0.0678. The molecule has 0 heterocycles. The molecule has 0 aliphatic carbocycles. The largest absolute Gasteiger partial charge is 0.380 e. The number of benzene rings is 1. The van der Waals surface area contributed by atoms with Gasteiger partial charge < -0.3 is 10.2 Å². The Morgan fingerprint density at radius 2 is 2.12 bits per heavy atom. The first-order valence-electron chi connectivity index (χ1n) is 5.29. The van der Waals surface area contributed by atoms with Gasteiger partial charge in [0.15, 0.2) is 0 Å². The Labute approximate surface area is 102 Å². The van der Waals surface area contributed by atoms with Crippen LogP contribution in [0.5, 0.6) is 0 Å². The van der Waals surface area contributed by atoms with Crippen molar-refractivity contribution >= 4 is 5.69 Å². The Balaban J connectivity index is 3.15. The van der Waals surface area contributed by atoms with Gasteiger partial charge in [-0.05, 0) is 19.1 Å². The van der Waals surface area contributed by atoms with Gasteiger partial charge in [-0.1, -0.05) is 18.2 Å². The average Bonchev–Trinajstić information content (AvgIpc) is 2.39. The lowest BCUT2D eigenvalue weighted by Gasteiger charge is -2.23. The fraction of sp³-hybridized carbons (Fsp3) is 0.231. The molecule has 1 N–H and O–H groups in total. The van der Waals surface area contributed by atoms with E-state index in [0.29, 0.717) is 12.4 Å². The van der Waals surface area contributed by atoms with Crippen LogP contribution in [0.4, 0.5) is 5.69 Å². The van der Waals surface area contributed by atoms with Gasteiger partial charge in [0.25, 0.3) is 0 Å². The highest BCUT2D eigenvalue weighted by molar-refractivity contribution is 5.53. The van der Waals surface area contributed by atoms with Crippen LogP contribution >= 0.6 is 0 Å². The number of hydrogen-bond donors (Lipinski definition) is 1. The monoisotopic (exact) mass is 226 g/mol. The Hall–Kier alpha value is -2.46. The van der Waals surface area contributed by atoms with Gasteiger partial charge in [-0.25, -0.2) is 10.1 Å². The number of rotatable bonds is 4. The second-order valence-corrected chi connectivity index (χ2v) is 3.35. The number of para-hydroxylation sites is 1. The van der Waals surface area contributed by atoms with Gasteiger partial charge in [-0.2, -0.15) is 0 Å². The molecular weight excluding hydrogens is 212 g/mol. The second-order valence-electron chi connectivity index (χ2n) is 3.35. The first-order chi connectivity index (χ1) is 8.24. The van der Waals surface area contributed by atoms with E-state index in [4.69, 9.17) is 11.8 Å². The van der Waals surface area contributed by atoms with Crippen molar-refractivity contribution in [3.8, 4) is 6.07 Å². The van der Waals surface area contributed by atoms with Crippen molar-refractivity contribution in [3.05, 3.63) is 53.3 Å². The maximum atomic E-state index is 8.93. The molecule has 4 heteroatoms. The number of nitriles is 1. The van der Waals surface area contributed by atoms with Crippen LogP contribution < -0.4 is 10.2 Å². The summed E-state index contributed by atoms with van der Waals surface area (Å²) in [6, 6.07) is 11.5. The zero-order valence-electron chi connectivity index (χ0n) is 9.94. The van der Waals surface area contributed by atoms with Crippen molar-refractivity contribution in [3.63, 3.8) is 0 Å². The van der Waals surface area contributed by atoms with Crippen LogP contribution in [0.25, 0.3) is 4.85 Å². The fourth-order valence-corrected chi connectivity index (χ4v) is 1.44. The molecule has 0 radical (unpaired) electrons. The normalized spacial score (nSPS) is 10.8. The molecule has 1 aromatic rings. The second kappa shape index (κ2) is 6.19. The molecule has 86 valence electrons. The molecule has 0 bridgehead atoms. The zero-order valence-corrected chi connectivity index (χ0v) is 9.94. The average molecular weight is 226 g/mol. The van der Waals surface area contributed by atoms with Crippen LogP contribution in [0.3, 0.4) is 0 Å². The van der Waals surface area contributed by atoms with E-state index in [1.54, 1.807) is 4.90 Å². The minimum Gasteiger partial charge on any atom is -0.380 e. The highest BCUT2D eigenvalue weighted by Gasteiger charge is 2.12. The van der Waals surface area contributed by atoms with E-state index >= 15 is 0 Å². The first kappa shape index (κ1) is 12.6. The van der Waals surface area contributed by atoms with E-state index in [9.17, 15) is 0 Å². The number of nitrogens with one attached hydrogen (secondary N) is 1. The Bertz CT molecular complexity index is 460. The van der Waals surface area contributed by atoms with E-state index in [2.05, 4.69) is 10.2 Å². The zero-order chi connectivity index (χ0) is 12.7. The van der Waals surface area contributed by atoms with Gasteiger partial charge in [0.1, 0.15) is 5.82 Å². The highest BCUT2D eigenvalue weighted by atomic mass is 15.2. The van der Waals surface area contributed by atoms with Gasteiger partial charge in [0.05, 0.1) is 12.6 Å². The number of allylic oxidation sites excluding steroid dienone is 1. The summed E-state index contributed by atoms with van der Waals surface area (Å²) in [5.74, 6) is 0.538. The predicted octanol–water partition coefficient (Wildman–Crippen LogP) is 2.34. The van der Waals surface area contributed by atoms with E-state index in [-0.39, 0.29) is 5.70 Å². The number of anilines is 1. The summed E-state index contributed by atoms with van der Waals surface area (Å²) in [5.41, 5.74) is 0.998. The van der Waals surface area contributed by atoms with E-state index in [0.717, 1.165) is 5.69 Å². The molecule has 0 unspecified atom stereocenters. The Morgan fingerprint density at radius 3 is 2.59 bits per heavy atom. The van der Waals surface area contributed by atoms with Crippen LogP contribution in [0.15, 0.2) is 41.8 Å². The molecular formula is C13H14N4. The molecule has 0 saturated carbocycles. The van der Waals surface area contributed by atoms with Crippen molar-refractivity contribution in [2.45, 2.75) is 6.92 Å². The van der Waals surface area contributed by atoms with Crippen molar-refractivity contribution in [2.75, 3.05) is 18.5 Å². The SMILES string of the molecule is [C-]#[N+]/C(C#N)=C(/NCC)N(C)c1ccccc1. The Kier molecular flexibility index (Phi) is 4.59. The summed E-state index contributed by atoms with van der Waals surface area (Å²) in [6.07, 6.45) is 0. The molecule has 0 fully saturated rings. The smallest absolute Gasteiger partial charge is 0.300 e. The van der Waals surface area contributed by atoms with Crippen molar-refractivity contribution in [1.82, 2.24) is 5.32 Å². The maximum absolute atomic E-state index is 8.93. The van der Waals surface area contributed by atoms with E-state index in [1.807, 2.05) is 50.4 Å². The lowest BCUT2D eigenvalue weighted by atomic mass is 10.3. The number of nitrogens with zero attached hydrogens (tertiary/aromatic N) is 3. The summed E-state index contributed by atoms with van der Waals surface area (Å²) in [6.45, 7) is 9.59. The molecule has 1 rings (SSSR count). The fourth-order valence-electron chi connectivity index (χ4n) is 1.44. The van der Waals surface area contributed by atoms with Crippen molar-refractivity contribution in [2.24, 2.45) is 0 Å². The highest BCUT2D eigenvalue weighted by Crippen LogP contribution is 2.17. The van der Waals surface area contributed by atoms with Crippen LogP contribution in [-0.2, 0) is 0 Å². The van der Waals surface area contributed by atoms with Crippen LogP contribution in [0.1, 0.15) is 6.92 Å². The molecule has 4 nitrogen and oxygen atoms in total. The third-order valence-electron chi connectivity index (χ3n) is 2.27. The van der Waals surface area contributed by atoms with Crippen LogP contribution in [0, 0.1) is 17.9 Å². The lowest BCUT2D eigenvalue weighted by Crippen LogP contribution is -2.29. The van der Waals surface area contributed by atoms with Gasteiger partial charge in [-0.15, -0.1) is 0 Å². The third kappa shape index (κ3) is 2.99. The molecule has 0 amide bonds. The quantitative estimate of drug-likeness (QED) is 0.633. The van der Waals surface area contributed by atoms with Gasteiger partial charge >= 0.3 is 5.70 Å². The summed E-state index contributed by atoms with van der Waals surface area (Å²) < 4.78 is 0. The topological polar surface area (TPSA) is 43.4 Å². The van der Waals surface area contributed by atoms with E-state index < -0.39 is 0 Å². The lowest BCUT2D eigenvalue weighted by molar-refractivity contribution is 0.803. The molecule has 0 aliphatic heterocycles. The van der Waals surface area contributed by atoms with E-state index in [1.165, 1.54) is 0 Å². The van der Waals surface area contributed by atoms with Crippen molar-refractivity contribution in [1.29, 1.82) is 5.26 Å². The van der Waals surface area contributed by atoms with Gasteiger partial charge in [0, 0.05) is 19.3 Å². The standard InChI is InChI=1S/C13H14N4/c1-4-16-13(12(10-14)15-2)17(3)11-8-6-5-7-9-11/h5-9,16H,4H2,1,3H3/b13-12-. The first-order valence-corrected chi connectivity index (χ1v) is 5.29. The third-order valence-corrected chi connectivity index (χ3v) is 2.27. The van der Waals surface area contributed by atoms with Gasteiger partial charge in [-0.3, -0.25) is 0 Å². The minimum atomic E-state index is 0.0678. The molecule has 0 atom stereocenters. The summed E-state index contributed by atoms with van der Waals surface area (Å²) in [5, 5.41) is 12.0. The molecule has 0 aromatic heterocycles. The predicted molar refractivity (Wildman–Crippen MR) is 67.8 cm³/mol. The van der Waals surface area contributed by atoms with Crippen LogP contribution in [-0.4, -0.2) is 13.6 Å². The summed E-state index contributed by atoms with van der Waals surface area (Å²) >= 11 is 0. The molecule has 1 aromatic carbocycles. The molecule has 0 aliphatic rings. The summed E-state index contributed by atoms with van der Waals surface area (Å²) in [4.78, 5) is 5.04. The molecule has 17 heavy (non-hydrogen) atoms. The maximum Gasteiger partial charge on any atom is 0.300 e. The molecule has 0 spiro atoms. The summed E-state index contributed by atoms with van der Waals surface area (Å²) in [7, 11) is 1.83. The van der Waals surface area contributed by atoms with Crippen LogP contribution in [0.2, 0.25) is 0 Å². The molecule has 0 saturated heterocycles. The van der Waals surface area contributed by atoms with Crippen molar-refractivity contribution < 1.29 is 0 Å². The Morgan fingerprint density at radius 1 is 1.47 bits per heavy atom.